The summed E-state index contributed by atoms with van der Waals surface area (Å²) in [5.74, 6) is 1.66. The Kier molecular flexibility index (Phi) is 13.9. The Morgan fingerprint density at radius 1 is 0.820 bits per heavy atom. The van der Waals surface area contributed by atoms with E-state index in [1.54, 1.807) is 18.9 Å². The quantitative estimate of drug-likeness (QED) is 0.0813. The first-order chi connectivity index (χ1) is 24.3. The maximum atomic E-state index is 12.4. The van der Waals surface area contributed by atoms with Crippen LogP contribution in [0.3, 0.4) is 0 Å². The lowest BCUT2D eigenvalue weighted by molar-refractivity contribution is -0.268. The number of ether oxygens (including phenoxy) is 3. The highest BCUT2D eigenvalue weighted by Crippen LogP contribution is 2.44. The van der Waals surface area contributed by atoms with Gasteiger partial charge in [0.05, 0.1) is 25.9 Å². The Labute approximate surface area is 299 Å². The van der Waals surface area contributed by atoms with E-state index < -0.39 is 6.29 Å². The van der Waals surface area contributed by atoms with Gasteiger partial charge in [-0.15, -0.1) is 11.8 Å². The van der Waals surface area contributed by atoms with Crippen LogP contribution in [-0.4, -0.2) is 42.4 Å². The maximum absolute atomic E-state index is 12.4. The minimum absolute atomic E-state index is 0.00179. The van der Waals surface area contributed by atoms with Gasteiger partial charge >= 0.3 is 0 Å². The number of hydrogen-bond donors (Lipinski definition) is 3. The fraction of sp³-hybridized carbons (Fsp3) is 0.366. The smallest absolute Gasteiger partial charge is 0.220 e. The zero-order valence-corrected chi connectivity index (χ0v) is 29.9. The Balaban J connectivity index is 1.24. The van der Waals surface area contributed by atoms with Gasteiger partial charge in [0.1, 0.15) is 5.75 Å². The molecule has 1 aliphatic rings. The molecule has 0 spiro atoms. The molecule has 0 aliphatic carbocycles. The summed E-state index contributed by atoms with van der Waals surface area (Å²) in [5.41, 5.74) is 6.01. The number of para-hydroxylation sites is 1. The molecule has 0 unspecified atom stereocenters. The highest BCUT2D eigenvalue weighted by atomic mass is 32.2. The molecule has 2 amide bonds. The number of rotatable bonds is 16. The van der Waals surface area contributed by atoms with Crippen molar-refractivity contribution in [2.75, 3.05) is 19.4 Å². The molecule has 9 heteroatoms. The molecule has 1 heterocycles. The first-order valence-electron chi connectivity index (χ1n) is 17.3. The highest BCUT2D eigenvalue weighted by Gasteiger charge is 2.38. The molecule has 4 atom stereocenters. The van der Waals surface area contributed by atoms with Crippen LogP contribution in [0.5, 0.6) is 5.75 Å². The molecule has 264 valence electrons. The predicted molar refractivity (Wildman–Crippen MR) is 198 cm³/mol. The molecule has 5 rings (SSSR count). The largest absolute Gasteiger partial charge is 0.496 e. The Hall–Kier alpha value is -4.15. The zero-order chi connectivity index (χ0) is 35.3. The first-order valence-corrected chi connectivity index (χ1v) is 18.3. The van der Waals surface area contributed by atoms with Crippen LogP contribution >= 0.6 is 11.8 Å². The summed E-state index contributed by atoms with van der Waals surface area (Å²) in [4.78, 5) is 24.4. The van der Waals surface area contributed by atoms with E-state index >= 15 is 0 Å². The minimum Gasteiger partial charge on any atom is -0.496 e. The van der Waals surface area contributed by atoms with E-state index in [0.717, 1.165) is 69.0 Å². The number of amides is 2. The minimum atomic E-state index is -0.557. The number of aliphatic hydroxyl groups excluding tert-OH is 1. The Bertz CT molecular complexity index is 1680. The summed E-state index contributed by atoms with van der Waals surface area (Å²) >= 11 is 1.72. The van der Waals surface area contributed by atoms with E-state index in [1.807, 2.05) is 54.6 Å². The molecule has 0 aromatic heterocycles. The SMILES string of the molecule is COc1ccccc1SC[C@@H]1O[C@H](c2ccc(-c3cccc(CNC(=O)CCCCCNC(C)=O)c3)cc2)O[C@H](c2ccc(CO)cc2)[C@@H]1C. The van der Waals surface area contributed by atoms with E-state index in [9.17, 15) is 14.7 Å². The van der Waals surface area contributed by atoms with Crippen LogP contribution in [0.2, 0.25) is 0 Å². The van der Waals surface area contributed by atoms with Gasteiger partial charge in [0, 0.05) is 48.6 Å². The number of carbonyl (C=O) groups is 2. The molecular formula is C41H48N2O6S. The number of methoxy groups -OCH3 is 1. The Morgan fingerprint density at radius 3 is 2.32 bits per heavy atom. The van der Waals surface area contributed by atoms with Crippen LogP contribution in [-0.2, 0) is 32.2 Å². The van der Waals surface area contributed by atoms with Crippen molar-refractivity contribution in [3.05, 3.63) is 119 Å². The third-order valence-corrected chi connectivity index (χ3v) is 10.1. The lowest BCUT2D eigenvalue weighted by Crippen LogP contribution is -2.38. The second-order valence-corrected chi connectivity index (χ2v) is 13.7. The third kappa shape index (κ3) is 10.4. The van der Waals surface area contributed by atoms with E-state index in [2.05, 4.69) is 60.0 Å². The van der Waals surface area contributed by atoms with Gasteiger partial charge in [0.25, 0.3) is 0 Å². The van der Waals surface area contributed by atoms with Crippen LogP contribution < -0.4 is 15.4 Å². The normalized spacial score (nSPS) is 18.7. The van der Waals surface area contributed by atoms with Gasteiger partial charge in [-0.25, -0.2) is 0 Å². The van der Waals surface area contributed by atoms with E-state index in [-0.39, 0.29) is 36.5 Å². The zero-order valence-electron chi connectivity index (χ0n) is 29.1. The van der Waals surface area contributed by atoms with E-state index in [1.165, 1.54) is 6.92 Å². The lowest BCUT2D eigenvalue weighted by atomic mass is 9.91. The number of nitrogens with one attached hydrogen (secondary N) is 2. The number of carbonyl (C=O) groups excluding carboxylic acids is 2. The van der Waals surface area contributed by atoms with Crippen molar-refractivity contribution in [3.63, 3.8) is 0 Å². The molecular weight excluding hydrogens is 649 g/mol. The maximum Gasteiger partial charge on any atom is 0.220 e. The summed E-state index contributed by atoms with van der Waals surface area (Å²) in [6, 6.07) is 32.5. The number of hydrogen-bond acceptors (Lipinski definition) is 7. The first kappa shape index (κ1) is 37.1. The molecule has 50 heavy (non-hydrogen) atoms. The average Bonchev–Trinajstić information content (AvgIpc) is 3.15. The van der Waals surface area contributed by atoms with Crippen molar-refractivity contribution in [2.45, 2.75) is 76.1 Å². The second-order valence-electron chi connectivity index (χ2n) is 12.7. The standard InChI is InChI=1S/C41H48N2O6S/c1-28-37(27-50-38-13-7-6-12-36(38)47-3)48-41(49-40(28)33-17-15-30(26-44)16-18-33)34-21-19-32(20-22-34)35-11-9-10-31(24-35)25-43-39(46)14-5-4-8-23-42-29(2)45/h6-7,9-13,15-22,24,28,37,40-41,44H,4-5,8,14,23,25-27H2,1-3H3,(H,42,45)(H,43,46)/t28-,37+,40+,41+/m1/s1. The van der Waals surface area contributed by atoms with Crippen LogP contribution in [0.15, 0.2) is 102 Å². The van der Waals surface area contributed by atoms with Gasteiger partial charge in [-0.3, -0.25) is 9.59 Å². The highest BCUT2D eigenvalue weighted by molar-refractivity contribution is 7.99. The average molecular weight is 697 g/mol. The summed E-state index contributed by atoms with van der Waals surface area (Å²) in [6.45, 7) is 4.79. The van der Waals surface area contributed by atoms with Crippen molar-refractivity contribution in [1.29, 1.82) is 0 Å². The van der Waals surface area contributed by atoms with Crippen molar-refractivity contribution in [3.8, 4) is 16.9 Å². The number of unbranched alkanes of at least 4 members (excludes halogenated alkanes) is 2. The van der Waals surface area contributed by atoms with Crippen molar-refractivity contribution >= 4 is 23.6 Å². The van der Waals surface area contributed by atoms with Gasteiger partial charge in [-0.05, 0) is 58.9 Å². The Morgan fingerprint density at radius 2 is 1.58 bits per heavy atom. The van der Waals surface area contributed by atoms with Crippen LogP contribution in [0, 0.1) is 5.92 Å². The van der Waals surface area contributed by atoms with Crippen LogP contribution in [0.4, 0.5) is 0 Å². The fourth-order valence-electron chi connectivity index (χ4n) is 6.05. The van der Waals surface area contributed by atoms with Crippen LogP contribution in [0.1, 0.15) is 74.2 Å². The number of aliphatic hydroxyl groups is 1. The van der Waals surface area contributed by atoms with Crippen molar-refractivity contribution in [2.24, 2.45) is 5.92 Å². The van der Waals surface area contributed by atoms with Crippen molar-refractivity contribution in [1.82, 2.24) is 10.6 Å². The van der Waals surface area contributed by atoms with Gasteiger partial charge in [-0.1, -0.05) is 92.2 Å². The molecule has 1 aliphatic heterocycles. The number of thioether (sulfide) groups is 1. The van der Waals surface area contributed by atoms with E-state index in [4.69, 9.17) is 14.2 Å². The van der Waals surface area contributed by atoms with Gasteiger partial charge in [-0.2, -0.15) is 0 Å². The fourth-order valence-corrected chi connectivity index (χ4v) is 7.25. The molecule has 0 saturated carbocycles. The second kappa shape index (κ2) is 18.7. The van der Waals surface area contributed by atoms with Gasteiger partial charge in [0.2, 0.25) is 11.8 Å². The molecule has 1 fully saturated rings. The molecule has 0 radical (unpaired) electrons. The monoisotopic (exact) mass is 696 g/mol. The summed E-state index contributed by atoms with van der Waals surface area (Å²) < 4.78 is 18.9. The summed E-state index contributed by atoms with van der Waals surface area (Å²) in [5, 5.41) is 15.4. The summed E-state index contributed by atoms with van der Waals surface area (Å²) in [6.07, 6.45) is 2.19. The lowest BCUT2D eigenvalue weighted by Gasteiger charge is -2.41. The third-order valence-electron chi connectivity index (χ3n) is 8.98. The molecule has 8 nitrogen and oxygen atoms in total. The molecule has 4 aromatic carbocycles. The van der Waals surface area contributed by atoms with Gasteiger partial charge in [0.15, 0.2) is 6.29 Å². The van der Waals surface area contributed by atoms with Gasteiger partial charge < -0.3 is 30.0 Å². The van der Waals surface area contributed by atoms with Crippen LogP contribution in [0.25, 0.3) is 11.1 Å². The molecule has 0 bridgehead atoms. The molecule has 4 aromatic rings. The molecule has 1 saturated heterocycles. The van der Waals surface area contributed by atoms with Crippen molar-refractivity contribution < 1.29 is 28.9 Å². The van der Waals surface area contributed by atoms with E-state index in [0.29, 0.717) is 19.5 Å². The summed E-state index contributed by atoms with van der Waals surface area (Å²) in [7, 11) is 1.69. The predicted octanol–water partition coefficient (Wildman–Crippen LogP) is 7.75. The topological polar surface area (TPSA) is 106 Å². The number of benzene rings is 4. The molecule has 3 N–H and O–H groups in total.